The molecule has 0 N–H and O–H groups in total. The monoisotopic (exact) mass is 391 g/mol. The second kappa shape index (κ2) is 7.92. The molecule has 0 aliphatic carbocycles. The lowest BCUT2D eigenvalue weighted by molar-refractivity contribution is -0.383. The topological polar surface area (TPSA) is 92.5 Å². The second-order valence-corrected chi connectivity index (χ2v) is 7.19. The third-order valence-corrected chi connectivity index (χ3v) is 5.26. The van der Waals surface area contributed by atoms with Gasteiger partial charge in [0.2, 0.25) is 0 Å². The highest BCUT2D eigenvalue weighted by Crippen LogP contribution is 2.28. The number of nitro groups is 1. The van der Waals surface area contributed by atoms with Gasteiger partial charge in [-0.25, -0.2) is 0 Å². The van der Waals surface area contributed by atoms with E-state index in [0.29, 0.717) is 23.0 Å². The summed E-state index contributed by atoms with van der Waals surface area (Å²) in [7, 11) is 0. The van der Waals surface area contributed by atoms with E-state index in [4.69, 9.17) is 0 Å². The smallest absolute Gasteiger partial charge is 0.278 e. The van der Waals surface area contributed by atoms with Crippen LogP contribution in [0.4, 0.5) is 5.69 Å². The average molecular weight is 391 g/mol. The molecule has 2 aromatic heterocycles. The summed E-state index contributed by atoms with van der Waals surface area (Å²) in [4.78, 5) is 36.9. The Morgan fingerprint density at radius 3 is 2.69 bits per heavy atom. The van der Waals surface area contributed by atoms with Gasteiger partial charge in [-0.05, 0) is 37.3 Å². The highest BCUT2D eigenvalue weighted by atomic mass is 16.6. The predicted octanol–water partition coefficient (Wildman–Crippen LogP) is 2.88. The van der Waals surface area contributed by atoms with Gasteiger partial charge < -0.3 is 4.90 Å². The van der Waals surface area contributed by atoms with Gasteiger partial charge in [-0.1, -0.05) is 6.07 Å². The molecule has 1 fully saturated rings. The third kappa shape index (κ3) is 3.79. The molecule has 3 aromatic rings. The van der Waals surface area contributed by atoms with Crippen LogP contribution in [-0.2, 0) is 6.54 Å². The van der Waals surface area contributed by atoms with Crippen LogP contribution in [0.2, 0.25) is 0 Å². The summed E-state index contributed by atoms with van der Waals surface area (Å²) in [5.41, 5.74) is 1.73. The minimum Gasteiger partial charge on any atom is -0.333 e. The number of non-ortho nitro benzene ring substituents is 1. The molecule has 0 spiro atoms. The van der Waals surface area contributed by atoms with Gasteiger partial charge in [0, 0.05) is 50.7 Å². The second-order valence-electron chi connectivity index (χ2n) is 7.19. The number of nitro benzene ring substituents is 1. The van der Waals surface area contributed by atoms with Crippen LogP contribution >= 0.6 is 0 Å². The van der Waals surface area contributed by atoms with Crippen molar-refractivity contribution in [1.29, 1.82) is 0 Å². The van der Waals surface area contributed by atoms with E-state index in [1.54, 1.807) is 24.5 Å². The molecule has 1 amide bonds. The molecule has 8 nitrogen and oxygen atoms in total. The summed E-state index contributed by atoms with van der Waals surface area (Å²) in [6.07, 6.45) is 3.34. The Morgan fingerprint density at radius 1 is 1.14 bits per heavy atom. The zero-order valence-electron chi connectivity index (χ0n) is 16.1. The quantitative estimate of drug-likeness (QED) is 0.502. The summed E-state index contributed by atoms with van der Waals surface area (Å²) < 4.78 is 0. The van der Waals surface area contributed by atoms with Crippen LogP contribution in [0.1, 0.15) is 23.0 Å². The van der Waals surface area contributed by atoms with Crippen molar-refractivity contribution >= 4 is 22.5 Å². The first-order chi connectivity index (χ1) is 14.0. The number of hydrogen-bond acceptors (Lipinski definition) is 6. The lowest BCUT2D eigenvalue weighted by Crippen LogP contribution is -2.53. The van der Waals surface area contributed by atoms with Crippen molar-refractivity contribution in [3.05, 3.63) is 76.2 Å². The predicted molar refractivity (Wildman–Crippen MR) is 108 cm³/mol. The molecule has 148 valence electrons. The van der Waals surface area contributed by atoms with Crippen molar-refractivity contribution in [2.75, 3.05) is 19.6 Å². The fraction of sp³-hybridized carbons (Fsp3) is 0.286. The molecule has 0 radical (unpaired) electrons. The molecule has 29 heavy (non-hydrogen) atoms. The van der Waals surface area contributed by atoms with Crippen LogP contribution in [0.25, 0.3) is 10.9 Å². The van der Waals surface area contributed by atoms with Crippen molar-refractivity contribution in [2.45, 2.75) is 19.5 Å². The van der Waals surface area contributed by atoms with Crippen LogP contribution in [0.5, 0.6) is 0 Å². The number of aromatic nitrogens is 2. The fourth-order valence-electron chi connectivity index (χ4n) is 3.84. The van der Waals surface area contributed by atoms with Crippen molar-refractivity contribution in [1.82, 2.24) is 19.8 Å². The molecule has 0 saturated carbocycles. The van der Waals surface area contributed by atoms with E-state index in [-0.39, 0.29) is 17.6 Å². The number of piperazine rings is 1. The molecule has 1 atom stereocenters. The number of carbonyl (C=O) groups excluding carboxylic acids is 1. The normalized spacial score (nSPS) is 17.4. The Bertz CT molecular complexity index is 1060. The molecule has 1 aliphatic heterocycles. The molecule has 8 heteroatoms. The number of nitrogens with zero attached hydrogens (tertiary/aromatic N) is 5. The van der Waals surface area contributed by atoms with Gasteiger partial charge in [-0.2, -0.15) is 0 Å². The summed E-state index contributed by atoms with van der Waals surface area (Å²) in [5.74, 6) is -0.145. The molecule has 1 saturated heterocycles. The van der Waals surface area contributed by atoms with Crippen molar-refractivity contribution in [2.24, 2.45) is 0 Å². The maximum atomic E-state index is 13.3. The fourth-order valence-corrected chi connectivity index (χ4v) is 3.84. The van der Waals surface area contributed by atoms with E-state index in [2.05, 4.69) is 14.9 Å². The Labute approximate surface area is 167 Å². The Hall–Kier alpha value is -3.39. The van der Waals surface area contributed by atoms with E-state index < -0.39 is 4.92 Å². The molecule has 3 heterocycles. The molecule has 0 bridgehead atoms. The largest absolute Gasteiger partial charge is 0.333 e. The van der Waals surface area contributed by atoms with E-state index in [1.165, 1.54) is 12.1 Å². The summed E-state index contributed by atoms with van der Waals surface area (Å²) in [5, 5.41) is 11.7. The number of carbonyl (C=O) groups is 1. The highest BCUT2D eigenvalue weighted by Gasteiger charge is 2.30. The summed E-state index contributed by atoms with van der Waals surface area (Å²) in [6.45, 7) is 4.82. The number of rotatable bonds is 4. The van der Waals surface area contributed by atoms with Gasteiger partial charge in [0.1, 0.15) is 0 Å². The standard InChI is InChI=1S/C21H21N5O3/c1-15-13-24(14-16-5-2-3-9-22-16)11-12-25(15)21(27)18-7-8-19(26(28)29)17-6-4-10-23-20(17)18/h2-10,15H,11-14H2,1H3/t15-/m0/s1. The minimum atomic E-state index is -0.447. The zero-order chi connectivity index (χ0) is 20.4. The minimum absolute atomic E-state index is 0.00826. The van der Waals surface area contributed by atoms with Crippen LogP contribution in [0, 0.1) is 10.1 Å². The average Bonchev–Trinajstić information content (AvgIpc) is 2.73. The van der Waals surface area contributed by atoms with Crippen molar-refractivity contribution in [3.8, 4) is 0 Å². The number of pyridine rings is 2. The van der Waals surface area contributed by atoms with E-state index in [9.17, 15) is 14.9 Å². The summed E-state index contributed by atoms with van der Waals surface area (Å²) >= 11 is 0. The Kier molecular flexibility index (Phi) is 5.18. The number of hydrogen-bond donors (Lipinski definition) is 0. The number of amides is 1. The Balaban J connectivity index is 1.55. The van der Waals surface area contributed by atoms with E-state index in [1.807, 2.05) is 30.0 Å². The highest BCUT2D eigenvalue weighted by molar-refractivity contribution is 6.07. The number of fused-ring (bicyclic) bond motifs is 1. The first-order valence-electron chi connectivity index (χ1n) is 9.50. The van der Waals surface area contributed by atoms with Gasteiger partial charge >= 0.3 is 0 Å². The first-order valence-corrected chi connectivity index (χ1v) is 9.50. The Morgan fingerprint density at radius 2 is 1.97 bits per heavy atom. The van der Waals surface area contributed by atoms with Crippen LogP contribution in [-0.4, -0.2) is 56.3 Å². The van der Waals surface area contributed by atoms with Gasteiger partial charge in [0.25, 0.3) is 11.6 Å². The van der Waals surface area contributed by atoms with Crippen LogP contribution in [0.15, 0.2) is 54.9 Å². The lowest BCUT2D eigenvalue weighted by Gasteiger charge is -2.39. The van der Waals surface area contributed by atoms with Crippen molar-refractivity contribution in [3.63, 3.8) is 0 Å². The van der Waals surface area contributed by atoms with Gasteiger partial charge in [-0.15, -0.1) is 0 Å². The molecule has 4 rings (SSSR count). The third-order valence-electron chi connectivity index (χ3n) is 5.26. The van der Waals surface area contributed by atoms with Crippen LogP contribution in [0.3, 0.4) is 0 Å². The first kappa shape index (κ1) is 18.9. The number of benzene rings is 1. The van der Waals surface area contributed by atoms with Crippen molar-refractivity contribution < 1.29 is 9.72 Å². The molecule has 0 unspecified atom stereocenters. The summed E-state index contributed by atoms with van der Waals surface area (Å²) in [6, 6.07) is 12.0. The maximum absolute atomic E-state index is 13.3. The molecule has 1 aromatic carbocycles. The SMILES string of the molecule is C[C@H]1CN(Cc2ccccn2)CCN1C(=O)c1ccc([N+](=O)[O-])c2cccnc12. The zero-order valence-corrected chi connectivity index (χ0v) is 16.1. The van der Waals surface area contributed by atoms with E-state index >= 15 is 0 Å². The molecule has 1 aliphatic rings. The van der Waals surface area contributed by atoms with Gasteiger partial charge in [0.05, 0.1) is 27.1 Å². The molecular weight excluding hydrogens is 370 g/mol. The lowest BCUT2D eigenvalue weighted by atomic mass is 10.0. The van der Waals surface area contributed by atoms with Gasteiger partial charge in [-0.3, -0.25) is 29.8 Å². The maximum Gasteiger partial charge on any atom is 0.278 e. The van der Waals surface area contributed by atoms with E-state index in [0.717, 1.165) is 25.3 Å². The van der Waals surface area contributed by atoms with Crippen LogP contribution < -0.4 is 0 Å². The molecular formula is C21H21N5O3. The van der Waals surface area contributed by atoms with Gasteiger partial charge in [0.15, 0.2) is 0 Å².